The van der Waals surface area contributed by atoms with Crippen molar-refractivity contribution in [1.29, 1.82) is 0 Å². The van der Waals surface area contributed by atoms with Crippen molar-refractivity contribution >= 4 is 21.6 Å². The van der Waals surface area contributed by atoms with Crippen LogP contribution >= 0.6 is 0 Å². The Labute approximate surface area is 160 Å². The van der Waals surface area contributed by atoms with E-state index in [0.717, 1.165) is 5.56 Å². The molecule has 1 aromatic heterocycles. The van der Waals surface area contributed by atoms with Crippen molar-refractivity contribution in [3.63, 3.8) is 0 Å². The van der Waals surface area contributed by atoms with E-state index in [9.17, 15) is 13.2 Å². The van der Waals surface area contributed by atoms with Crippen LogP contribution in [-0.2, 0) is 16.4 Å². The molecule has 0 aliphatic carbocycles. The third-order valence-corrected chi connectivity index (χ3v) is 4.78. The number of carbonyl (C=O) groups is 1. The highest BCUT2D eigenvalue weighted by atomic mass is 32.2. The number of nitrogens with two attached hydrogens (primary N) is 1. The average molecular weight is 385 g/mol. The number of hydrogen-bond donors (Lipinski definition) is 2. The number of primary amides is 1. The number of carbonyl (C=O) groups excluding carboxylic acids is 1. The van der Waals surface area contributed by atoms with Crippen LogP contribution in [0.2, 0.25) is 0 Å². The predicted molar refractivity (Wildman–Crippen MR) is 107 cm³/mol. The van der Waals surface area contributed by atoms with Crippen molar-refractivity contribution in [1.82, 2.24) is 4.98 Å². The summed E-state index contributed by atoms with van der Waals surface area (Å²) in [5.41, 5.74) is 6.89. The maximum Gasteiger partial charge on any atom is 0.250 e. The van der Waals surface area contributed by atoms with Gasteiger partial charge in [-0.05, 0) is 56.9 Å². The predicted octanol–water partition coefficient (Wildman–Crippen LogP) is 2.56. The Hall–Kier alpha value is -2.85. The standard InChI is InChI=1S/C20H23N3O3S/c1-20(2,3)12-10-16-9-8-15(14-22-16)11-13-27(25,26)23-18-7-5-4-6-17(18)19(21)24/h4-9,14,23H,11,13H2,1-3H3,(H2,21,24). The molecule has 1 heterocycles. The first-order valence-electron chi connectivity index (χ1n) is 8.43. The highest BCUT2D eigenvalue weighted by Gasteiger charge is 2.15. The number of rotatable bonds is 6. The molecule has 0 aliphatic rings. The second-order valence-electron chi connectivity index (χ2n) is 7.13. The van der Waals surface area contributed by atoms with Crippen molar-refractivity contribution in [2.45, 2.75) is 27.2 Å². The van der Waals surface area contributed by atoms with Crippen LogP contribution in [0.3, 0.4) is 0 Å². The van der Waals surface area contributed by atoms with Gasteiger partial charge >= 0.3 is 0 Å². The maximum absolute atomic E-state index is 12.3. The molecule has 0 spiro atoms. The summed E-state index contributed by atoms with van der Waals surface area (Å²) >= 11 is 0. The van der Waals surface area contributed by atoms with Gasteiger partial charge in [-0.15, -0.1) is 0 Å². The van der Waals surface area contributed by atoms with Gasteiger partial charge in [-0.3, -0.25) is 9.52 Å². The monoisotopic (exact) mass is 385 g/mol. The van der Waals surface area contributed by atoms with E-state index in [-0.39, 0.29) is 28.8 Å². The van der Waals surface area contributed by atoms with Crippen molar-refractivity contribution in [3.8, 4) is 11.8 Å². The van der Waals surface area contributed by atoms with Gasteiger partial charge in [-0.1, -0.05) is 24.1 Å². The number of para-hydroxylation sites is 1. The minimum Gasteiger partial charge on any atom is -0.366 e. The fourth-order valence-corrected chi connectivity index (χ4v) is 3.28. The summed E-state index contributed by atoms with van der Waals surface area (Å²) in [7, 11) is -3.64. The van der Waals surface area contributed by atoms with Crippen LogP contribution in [0.5, 0.6) is 0 Å². The summed E-state index contributed by atoms with van der Waals surface area (Å²) in [5, 5.41) is 0. The molecule has 0 bridgehead atoms. The van der Waals surface area contributed by atoms with Gasteiger partial charge in [0.15, 0.2) is 0 Å². The summed E-state index contributed by atoms with van der Waals surface area (Å²) in [4.78, 5) is 15.7. The van der Waals surface area contributed by atoms with Gasteiger partial charge in [0.25, 0.3) is 5.91 Å². The molecular weight excluding hydrogens is 362 g/mol. The van der Waals surface area contributed by atoms with Crippen LogP contribution in [-0.4, -0.2) is 25.1 Å². The van der Waals surface area contributed by atoms with E-state index < -0.39 is 15.9 Å². The van der Waals surface area contributed by atoms with Gasteiger partial charge in [0.1, 0.15) is 5.69 Å². The molecule has 0 radical (unpaired) electrons. The molecule has 0 fully saturated rings. The number of aryl methyl sites for hydroxylation is 1. The molecular formula is C20H23N3O3S. The number of amides is 1. The lowest BCUT2D eigenvalue weighted by Gasteiger charge is -2.10. The number of nitrogens with zero attached hydrogens (tertiary/aromatic N) is 1. The Bertz CT molecular complexity index is 980. The third kappa shape index (κ3) is 6.76. The quantitative estimate of drug-likeness (QED) is 0.746. The Morgan fingerprint density at radius 1 is 1.19 bits per heavy atom. The molecule has 1 aromatic carbocycles. The van der Waals surface area contributed by atoms with Crippen molar-refractivity contribution in [2.75, 3.05) is 10.5 Å². The van der Waals surface area contributed by atoms with Gasteiger partial charge < -0.3 is 5.73 Å². The van der Waals surface area contributed by atoms with E-state index >= 15 is 0 Å². The van der Waals surface area contributed by atoms with Gasteiger partial charge in [0, 0.05) is 11.6 Å². The van der Waals surface area contributed by atoms with E-state index in [4.69, 9.17) is 5.73 Å². The molecule has 0 atom stereocenters. The van der Waals surface area contributed by atoms with Crippen LogP contribution in [0.15, 0.2) is 42.6 Å². The molecule has 0 aliphatic heterocycles. The molecule has 3 N–H and O–H groups in total. The zero-order valence-electron chi connectivity index (χ0n) is 15.6. The fraction of sp³-hybridized carbons (Fsp3) is 0.300. The number of benzene rings is 1. The molecule has 7 heteroatoms. The average Bonchev–Trinajstić information content (AvgIpc) is 2.58. The second kappa shape index (κ2) is 8.23. The minimum atomic E-state index is -3.64. The molecule has 0 unspecified atom stereocenters. The summed E-state index contributed by atoms with van der Waals surface area (Å²) in [5.74, 6) is 5.26. The summed E-state index contributed by atoms with van der Waals surface area (Å²) in [6, 6.07) is 9.81. The van der Waals surface area contributed by atoms with Crippen LogP contribution in [0, 0.1) is 17.3 Å². The molecule has 1 amide bonds. The second-order valence-corrected chi connectivity index (χ2v) is 8.97. The van der Waals surface area contributed by atoms with Crippen LogP contribution in [0.25, 0.3) is 0 Å². The minimum absolute atomic E-state index is 0.110. The Balaban J connectivity index is 2.03. The summed E-state index contributed by atoms with van der Waals surface area (Å²) in [6.07, 6.45) is 1.91. The summed E-state index contributed by atoms with van der Waals surface area (Å²) in [6.45, 7) is 6.05. The Morgan fingerprint density at radius 3 is 2.48 bits per heavy atom. The van der Waals surface area contributed by atoms with E-state index in [1.54, 1.807) is 24.4 Å². The van der Waals surface area contributed by atoms with Gasteiger partial charge in [0.2, 0.25) is 10.0 Å². The van der Waals surface area contributed by atoms with E-state index in [1.165, 1.54) is 12.1 Å². The molecule has 2 rings (SSSR count). The van der Waals surface area contributed by atoms with Gasteiger partial charge in [0.05, 0.1) is 17.0 Å². The number of anilines is 1. The van der Waals surface area contributed by atoms with Gasteiger partial charge in [-0.25, -0.2) is 13.4 Å². The van der Waals surface area contributed by atoms with E-state index in [0.29, 0.717) is 5.69 Å². The van der Waals surface area contributed by atoms with Crippen molar-refractivity contribution < 1.29 is 13.2 Å². The number of nitrogens with one attached hydrogen (secondary N) is 1. The van der Waals surface area contributed by atoms with E-state index in [1.807, 2.05) is 26.8 Å². The molecule has 6 nitrogen and oxygen atoms in total. The highest BCUT2D eigenvalue weighted by molar-refractivity contribution is 7.92. The smallest absolute Gasteiger partial charge is 0.250 e. The molecule has 27 heavy (non-hydrogen) atoms. The third-order valence-electron chi connectivity index (χ3n) is 3.51. The normalized spacial score (nSPS) is 11.4. The maximum atomic E-state index is 12.3. The topological polar surface area (TPSA) is 102 Å². The van der Waals surface area contributed by atoms with Crippen LogP contribution in [0.4, 0.5) is 5.69 Å². The zero-order valence-corrected chi connectivity index (χ0v) is 16.4. The lowest BCUT2D eigenvalue weighted by molar-refractivity contribution is 0.100. The Morgan fingerprint density at radius 2 is 1.89 bits per heavy atom. The molecule has 0 saturated carbocycles. The van der Waals surface area contributed by atoms with Crippen LogP contribution in [0.1, 0.15) is 42.4 Å². The fourth-order valence-electron chi connectivity index (χ4n) is 2.16. The van der Waals surface area contributed by atoms with E-state index in [2.05, 4.69) is 21.5 Å². The first-order chi connectivity index (χ1) is 12.6. The Kier molecular flexibility index (Phi) is 6.24. The molecule has 142 valence electrons. The lowest BCUT2D eigenvalue weighted by Crippen LogP contribution is -2.21. The first kappa shape index (κ1) is 20.5. The van der Waals surface area contributed by atoms with Crippen molar-refractivity contribution in [2.24, 2.45) is 11.1 Å². The van der Waals surface area contributed by atoms with Crippen LogP contribution < -0.4 is 10.5 Å². The number of aromatic nitrogens is 1. The largest absolute Gasteiger partial charge is 0.366 e. The van der Waals surface area contributed by atoms with Gasteiger partial charge in [-0.2, -0.15) is 0 Å². The highest BCUT2D eigenvalue weighted by Crippen LogP contribution is 2.16. The first-order valence-corrected chi connectivity index (χ1v) is 10.1. The summed E-state index contributed by atoms with van der Waals surface area (Å²) < 4.78 is 27.1. The molecule has 2 aromatic rings. The molecule has 0 saturated heterocycles. The number of pyridine rings is 1. The SMILES string of the molecule is CC(C)(C)C#Cc1ccc(CCS(=O)(=O)Nc2ccccc2C(N)=O)cn1. The number of hydrogen-bond acceptors (Lipinski definition) is 4. The van der Waals surface area contributed by atoms with Crippen molar-refractivity contribution in [3.05, 3.63) is 59.4 Å². The number of sulfonamides is 1. The zero-order chi connectivity index (χ0) is 20.1. The lowest BCUT2D eigenvalue weighted by atomic mass is 9.98.